The van der Waals surface area contributed by atoms with Gasteiger partial charge in [0.2, 0.25) is 0 Å². The van der Waals surface area contributed by atoms with E-state index in [1.54, 1.807) is 6.20 Å². The van der Waals surface area contributed by atoms with Crippen LogP contribution in [0.3, 0.4) is 0 Å². The smallest absolute Gasteiger partial charge is 0.323 e. The summed E-state index contributed by atoms with van der Waals surface area (Å²) in [7, 11) is 0. The molecule has 2 atom stereocenters. The highest BCUT2D eigenvalue weighted by atomic mass is 32.2. The van der Waals surface area contributed by atoms with E-state index in [2.05, 4.69) is 9.97 Å². The van der Waals surface area contributed by atoms with Crippen molar-refractivity contribution in [3.63, 3.8) is 0 Å². The van der Waals surface area contributed by atoms with E-state index in [1.807, 2.05) is 19.9 Å². The summed E-state index contributed by atoms with van der Waals surface area (Å²) in [6.45, 7) is 5.33. The van der Waals surface area contributed by atoms with Gasteiger partial charge in [-0.2, -0.15) is 0 Å². The summed E-state index contributed by atoms with van der Waals surface area (Å²) in [6.07, 6.45) is 2.06. The van der Waals surface area contributed by atoms with Gasteiger partial charge >= 0.3 is 5.97 Å². The normalized spacial score (nSPS) is 16.2. The topological polar surface area (TPSA) is 89.1 Å². The Morgan fingerprint density at radius 1 is 1.71 bits per heavy atom. The summed E-state index contributed by atoms with van der Waals surface area (Å²) in [6, 6.07) is 1.82. The number of carbonyl (C=O) groups is 1. The zero-order valence-corrected chi connectivity index (χ0v) is 11.0. The fourth-order valence-electron chi connectivity index (χ4n) is 1.39. The van der Waals surface area contributed by atoms with Gasteiger partial charge in [-0.3, -0.25) is 4.79 Å². The first-order chi connectivity index (χ1) is 7.81. The maximum Gasteiger partial charge on any atom is 0.323 e. The molecule has 0 aliphatic heterocycles. The Hall–Kier alpha value is -1.14. The third-order valence-electron chi connectivity index (χ3n) is 2.28. The Kier molecular flexibility index (Phi) is 4.47. The number of carboxylic acids is 1. The SMILES string of the molecule is Cc1ccnc(SC(C)CC(C)(N)C(=O)O)n1. The van der Waals surface area contributed by atoms with Gasteiger partial charge in [-0.05, 0) is 26.3 Å². The van der Waals surface area contributed by atoms with Crippen LogP contribution in [0.1, 0.15) is 26.0 Å². The predicted molar refractivity (Wildman–Crippen MR) is 66.9 cm³/mol. The summed E-state index contributed by atoms with van der Waals surface area (Å²) in [5.41, 5.74) is 5.37. The number of thioether (sulfide) groups is 1. The minimum absolute atomic E-state index is 0.0444. The number of aromatic nitrogens is 2. The first-order valence-corrected chi connectivity index (χ1v) is 6.18. The molecule has 5 nitrogen and oxygen atoms in total. The molecule has 0 aliphatic carbocycles. The zero-order chi connectivity index (χ0) is 13.1. The molecule has 0 amide bonds. The van der Waals surface area contributed by atoms with E-state index in [4.69, 9.17) is 10.8 Å². The van der Waals surface area contributed by atoms with E-state index in [1.165, 1.54) is 18.7 Å². The second-order valence-electron chi connectivity index (χ2n) is 4.34. The highest BCUT2D eigenvalue weighted by molar-refractivity contribution is 7.99. The molecular weight excluding hydrogens is 238 g/mol. The van der Waals surface area contributed by atoms with Crippen LogP contribution in [-0.2, 0) is 4.79 Å². The second-order valence-corrected chi connectivity index (χ2v) is 5.74. The minimum Gasteiger partial charge on any atom is -0.480 e. The first-order valence-electron chi connectivity index (χ1n) is 5.30. The molecule has 0 aromatic carbocycles. The lowest BCUT2D eigenvalue weighted by molar-refractivity contribution is -0.142. The molecule has 0 radical (unpaired) electrons. The minimum atomic E-state index is -1.21. The van der Waals surface area contributed by atoms with Gasteiger partial charge in [0.15, 0.2) is 5.16 Å². The standard InChI is InChI=1S/C11H17N3O2S/c1-7-4-5-13-10(14-7)17-8(2)6-11(3,12)9(15)16/h4-5,8H,6,12H2,1-3H3,(H,15,16). The van der Waals surface area contributed by atoms with Crippen molar-refractivity contribution in [1.29, 1.82) is 0 Å². The van der Waals surface area contributed by atoms with Gasteiger partial charge in [-0.25, -0.2) is 9.97 Å². The number of nitrogens with zero attached hydrogens (tertiary/aromatic N) is 2. The summed E-state index contributed by atoms with van der Waals surface area (Å²) in [5.74, 6) is -0.991. The van der Waals surface area contributed by atoms with Crippen LogP contribution in [0.15, 0.2) is 17.4 Å². The van der Waals surface area contributed by atoms with Crippen molar-refractivity contribution in [3.05, 3.63) is 18.0 Å². The van der Waals surface area contributed by atoms with Crippen LogP contribution in [-0.4, -0.2) is 31.8 Å². The molecule has 3 N–H and O–H groups in total. The molecule has 94 valence electrons. The van der Waals surface area contributed by atoms with E-state index in [0.717, 1.165) is 5.69 Å². The highest BCUT2D eigenvalue weighted by Crippen LogP contribution is 2.25. The van der Waals surface area contributed by atoms with Gasteiger partial charge in [0.1, 0.15) is 5.54 Å². The molecule has 0 saturated heterocycles. The van der Waals surface area contributed by atoms with Gasteiger partial charge in [0, 0.05) is 17.1 Å². The summed E-state index contributed by atoms with van der Waals surface area (Å²) >= 11 is 1.44. The number of carboxylic acid groups (broad SMARTS) is 1. The van der Waals surface area contributed by atoms with Crippen molar-refractivity contribution in [1.82, 2.24) is 9.97 Å². The fourth-order valence-corrected chi connectivity index (χ4v) is 2.50. The van der Waals surface area contributed by atoms with Crippen LogP contribution < -0.4 is 5.73 Å². The van der Waals surface area contributed by atoms with Gasteiger partial charge in [0.05, 0.1) is 0 Å². The number of rotatable bonds is 5. The van der Waals surface area contributed by atoms with Crippen molar-refractivity contribution >= 4 is 17.7 Å². The van der Waals surface area contributed by atoms with E-state index >= 15 is 0 Å². The van der Waals surface area contributed by atoms with Crippen LogP contribution in [0.25, 0.3) is 0 Å². The van der Waals surface area contributed by atoms with E-state index < -0.39 is 11.5 Å². The zero-order valence-electron chi connectivity index (χ0n) is 10.2. The molecule has 0 aliphatic rings. The van der Waals surface area contributed by atoms with Gasteiger partial charge < -0.3 is 10.8 Å². The van der Waals surface area contributed by atoms with E-state index in [9.17, 15) is 4.79 Å². The molecule has 1 aromatic rings. The van der Waals surface area contributed by atoms with Gasteiger partial charge in [0.25, 0.3) is 0 Å². The predicted octanol–water partition coefficient (Wildman–Crippen LogP) is 1.46. The van der Waals surface area contributed by atoms with E-state index in [0.29, 0.717) is 11.6 Å². The van der Waals surface area contributed by atoms with Crippen molar-refractivity contribution < 1.29 is 9.90 Å². The Morgan fingerprint density at radius 2 is 2.35 bits per heavy atom. The quantitative estimate of drug-likeness (QED) is 0.611. The summed E-state index contributed by atoms with van der Waals surface area (Å²) < 4.78 is 0. The Labute approximate surface area is 105 Å². The number of hydrogen-bond acceptors (Lipinski definition) is 5. The summed E-state index contributed by atoms with van der Waals surface area (Å²) in [4.78, 5) is 19.3. The number of aryl methyl sites for hydroxylation is 1. The van der Waals surface area contributed by atoms with Crippen molar-refractivity contribution in [3.8, 4) is 0 Å². The third-order valence-corrected chi connectivity index (χ3v) is 3.26. The molecule has 1 rings (SSSR count). The van der Waals surface area contributed by atoms with Crippen molar-refractivity contribution in [2.75, 3.05) is 0 Å². The molecule has 0 fully saturated rings. The molecule has 0 bridgehead atoms. The van der Waals surface area contributed by atoms with Gasteiger partial charge in [-0.15, -0.1) is 0 Å². The first kappa shape index (κ1) is 13.9. The number of aliphatic carboxylic acids is 1. The average molecular weight is 255 g/mol. The highest BCUT2D eigenvalue weighted by Gasteiger charge is 2.30. The average Bonchev–Trinajstić information content (AvgIpc) is 2.15. The molecule has 1 aromatic heterocycles. The van der Waals surface area contributed by atoms with Crippen LogP contribution in [0, 0.1) is 6.92 Å². The Bertz CT molecular complexity index is 409. The van der Waals surface area contributed by atoms with Crippen LogP contribution >= 0.6 is 11.8 Å². The third kappa shape index (κ3) is 4.32. The molecule has 0 spiro atoms. The van der Waals surface area contributed by atoms with Crippen LogP contribution in [0.2, 0.25) is 0 Å². The molecule has 0 saturated carbocycles. The molecule has 6 heteroatoms. The lowest BCUT2D eigenvalue weighted by Gasteiger charge is -2.22. The molecule has 1 heterocycles. The maximum absolute atomic E-state index is 10.9. The lowest BCUT2D eigenvalue weighted by Crippen LogP contribution is -2.46. The van der Waals surface area contributed by atoms with E-state index in [-0.39, 0.29) is 5.25 Å². The van der Waals surface area contributed by atoms with Crippen LogP contribution in [0.5, 0.6) is 0 Å². The lowest BCUT2D eigenvalue weighted by atomic mass is 9.98. The largest absolute Gasteiger partial charge is 0.480 e. The second kappa shape index (κ2) is 5.46. The summed E-state index contributed by atoms with van der Waals surface area (Å²) in [5, 5.41) is 9.63. The molecule has 17 heavy (non-hydrogen) atoms. The van der Waals surface area contributed by atoms with Gasteiger partial charge in [-0.1, -0.05) is 18.7 Å². The number of hydrogen-bond donors (Lipinski definition) is 2. The number of nitrogens with two attached hydrogens (primary N) is 1. The maximum atomic E-state index is 10.9. The monoisotopic (exact) mass is 255 g/mol. The Morgan fingerprint density at radius 3 is 2.88 bits per heavy atom. The van der Waals surface area contributed by atoms with Crippen LogP contribution in [0.4, 0.5) is 0 Å². The van der Waals surface area contributed by atoms with Crippen molar-refractivity contribution in [2.45, 2.75) is 43.1 Å². The fraction of sp³-hybridized carbons (Fsp3) is 0.545. The molecule has 2 unspecified atom stereocenters. The van der Waals surface area contributed by atoms with Crippen molar-refractivity contribution in [2.24, 2.45) is 5.73 Å². The Balaban J connectivity index is 2.61. The molecular formula is C11H17N3O2S.